The number of carboxylic acid groups (broad SMARTS) is 1. The molecule has 8 heteroatoms. The van der Waals surface area contributed by atoms with E-state index in [-0.39, 0.29) is 25.1 Å². The summed E-state index contributed by atoms with van der Waals surface area (Å²) in [7, 11) is 0. The lowest BCUT2D eigenvalue weighted by Gasteiger charge is -2.16. The molecular weight excluding hydrogens is 350 g/mol. The number of urea groups is 1. The van der Waals surface area contributed by atoms with E-state index in [4.69, 9.17) is 9.84 Å². The lowest BCUT2D eigenvalue weighted by Crippen LogP contribution is -2.39. The zero-order valence-electron chi connectivity index (χ0n) is 15.1. The molecule has 2 fully saturated rings. The number of amides is 3. The van der Waals surface area contributed by atoms with Crippen LogP contribution in [0.15, 0.2) is 24.3 Å². The molecule has 0 radical (unpaired) electrons. The number of nitrogens with zero attached hydrogens (tertiary/aromatic N) is 1. The Labute approximate surface area is 157 Å². The van der Waals surface area contributed by atoms with Crippen LogP contribution in [-0.4, -0.2) is 60.2 Å². The first-order chi connectivity index (χ1) is 13.0. The number of rotatable bonds is 8. The predicted molar refractivity (Wildman–Crippen MR) is 97.5 cm³/mol. The molecule has 3 N–H and O–H groups in total. The minimum Gasteiger partial charge on any atom is -0.484 e. The molecule has 1 saturated heterocycles. The van der Waals surface area contributed by atoms with Gasteiger partial charge in [-0.1, -0.05) is 12.1 Å². The summed E-state index contributed by atoms with van der Waals surface area (Å²) in [5.41, 5.74) is 1.04. The zero-order valence-corrected chi connectivity index (χ0v) is 15.1. The molecule has 1 unspecified atom stereocenters. The number of nitrogens with one attached hydrogen (secondary N) is 2. The van der Waals surface area contributed by atoms with Gasteiger partial charge in [0.1, 0.15) is 5.75 Å². The fourth-order valence-electron chi connectivity index (χ4n) is 2.97. The van der Waals surface area contributed by atoms with Crippen molar-refractivity contribution in [3.8, 4) is 5.75 Å². The summed E-state index contributed by atoms with van der Waals surface area (Å²) in [6.07, 6.45) is 3.26. The van der Waals surface area contributed by atoms with E-state index < -0.39 is 11.9 Å². The maximum atomic E-state index is 12.1. The van der Waals surface area contributed by atoms with Crippen LogP contribution in [0.4, 0.5) is 4.79 Å². The molecule has 1 aromatic rings. The van der Waals surface area contributed by atoms with E-state index >= 15 is 0 Å². The quantitative estimate of drug-likeness (QED) is 0.628. The maximum absolute atomic E-state index is 12.1. The largest absolute Gasteiger partial charge is 0.484 e. The van der Waals surface area contributed by atoms with Crippen LogP contribution in [0.5, 0.6) is 5.75 Å². The van der Waals surface area contributed by atoms with Crippen LogP contribution in [0.3, 0.4) is 0 Å². The second kappa shape index (κ2) is 8.75. The van der Waals surface area contributed by atoms with Crippen LogP contribution < -0.4 is 15.4 Å². The highest BCUT2D eigenvalue weighted by Crippen LogP contribution is 2.19. The van der Waals surface area contributed by atoms with Crippen molar-refractivity contribution in [2.45, 2.75) is 31.7 Å². The number of carbonyl (C=O) groups excluding carboxylic acids is 2. The third-order valence-electron chi connectivity index (χ3n) is 4.75. The first-order valence-electron chi connectivity index (χ1n) is 9.28. The average molecular weight is 375 g/mol. The second-order valence-electron chi connectivity index (χ2n) is 7.03. The number of benzene rings is 1. The Hall–Kier alpha value is -2.77. The van der Waals surface area contributed by atoms with Gasteiger partial charge in [0.05, 0.1) is 5.92 Å². The number of hydrogen-bond donors (Lipinski definition) is 3. The number of ether oxygens (including phenoxy) is 1. The third kappa shape index (κ3) is 5.87. The summed E-state index contributed by atoms with van der Waals surface area (Å²) >= 11 is 0. The molecule has 0 aromatic heterocycles. The van der Waals surface area contributed by atoms with Gasteiger partial charge in [-0.15, -0.1) is 0 Å². The number of likely N-dealkylation sites (tertiary alicyclic amines) is 1. The molecule has 3 rings (SSSR count). The highest BCUT2D eigenvalue weighted by Gasteiger charge is 2.30. The van der Waals surface area contributed by atoms with E-state index in [1.807, 2.05) is 12.1 Å². The highest BCUT2D eigenvalue weighted by atomic mass is 16.5. The van der Waals surface area contributed by atoms with Crippen molar-refractivity contribution in [3.05, 3.63) is 29.8 Å². The summed E-state index contributed by atoms with van der Waals surface area (Å²) < 4.78 is 5.45. The molecule has 1 aliphatic heterocycles. The smallest absolute Gasteiger partial charge is 0.317 e. The van der Waals surface area contributed by atoms with Crippen LogP contribution in [-0.2, 0) is 16.0 Å². The third-order valence-corrected chi connectivity index (χ3v) is 4.75. The fraction of sp³-hybridized carbons (Fsp3) is 0.526. The summed E-state index contributed by atoms with van der Waals surface area (Å²) in [6, 6.07) is 7.52. The van der Waals surface area contributed by atoms with Gasteiger partial charge in [0.2, 0.25) is 0 Å². The van der Waals surface area contributed by atoms with Gasteiger partial charge < -0.3 is 25.4 Å². The molecule has 0 spiro atoms. The zero-order chi connectivity index (χ0) is 19.2. The predicted octanol–water partition coefficient (Wildman–Crippen LogP) is 1.00. The number of carboxylic acids is 1. The van der Waals surface area contributed by atoms with Gasteiger partial charge >= 0.3 is 12.0 Å². The molecule has 1 aliphatic carbocycles. The van der Waals surface area contributed by atoms with Crippen LogP contribution in [0, 0.1) is 5.92 Å². The number of hydrogen-bond acceptors (Lipinski definition) is 4. The minimum atomic E-state index is -0.849. The van der Waals surface area contributed by atoms with E-state index in [2.05, 4.69) is 10.6 Å². The summed E-state index contributed by atoms with van der Waals surface area (Å²) in [5.74, 6) is -0.783. The van der Waals surface area contributed by atoms with Crippen LogP contribution in [0.25, 0.3) is 0 Å². The highest BCUT2D eigenvalue weighted by molar-refractivity contribution is 5.78. The maximum Gasteiger partial charge on any atom is 0.317 e. The van der Waals surface area contributed by atoms with E-state index in [1.165, 1.54) is 0 Å². The second-order valence-corrected chi connectivity index (χ2v) is 7.03. The molecule has 1 heterocycles. The van der Waals surface area contributed by atoms with Gasteiger partial charge in [-0.2, -0.15) is 0 Å². The van der Waals surface area contributed by atoms with Gasteiger partial charge in [0, 0.05) is 25.7 Å². The van der Waals surface area contributed by atoms with E-state index in [0.717, 1.165) is 18.4 Å². The Morgan fingerprint density at radius 1 is 1.15 bits per heavy atom. The SMILES string of the molecule is O=C(COc1ccc(CCNC(=O)N2CCC(C(=O)O)C2)cc1)NC1CC1. The molecular formula is C19H25N3O5. The Morgan fingerprint density at radius 2 is 1.89 bits per heavy atom. The van der Waals surface area contributed by atoms with Gasteiger partial charge in [0.25, 0.3) is 5.91 Å². The Morgan fingerprint density at radius 3 is 2.52 bits per heavy atom. The first-order valence-corrected chi connectivity index (χ1v) is 9.28. The Balaban J connectivity index is 1.34. The van der Waals surface area contributed by atoms with Gasteiger partial charge in [0.15, 0.2) is 6.61 Å². The first kappa shape index (κ1) is 19.0. The van der Waals surface area contributed by atoms with Crippen molar-refractivity contribution in [2.24, 2.45) is 5.92 Å². The van der Waals surface area contributed by atoms with Gasteiger partial charge in [-0.25, -0.2) is 4.79 Å². The van der Waals surface area contributed by atoms with E-state index in [0.29, 0.717) is 37.7 Å². The average Bonchev–Trinajstić information content (AvgIpc) is 3.31. The Bertz CT molecular complexity index is 687. The standard InChI is InChI=1S/C19H25N3O5/c23-17(21-15-3-4-15)12-27-16-5-1-13(2-6-16)7-9-20-19(26)22-10-8-14(11-22)18(24)25/h1-2,5-6,14-15H,3-4,7-12H2,(H,20,26)(H,21,23)(H,24,25). The van der Waals surface area contributed by atoms with Crippen molar-refractivity contribution >= 4 is 17.9 Å². The normalized spacial score (nSPS) is 18.8. The molecule has 146 valence electrons. The molecule has 8 nitrogen and oxygen atoms in total. The lowest BCUT2D eigenvalue weighted by molar-refractivity contribution is -0.141. The number of aliphatic carboxylic acids is 1. The van der Waals surface area contributed by atoms with Crippen molar-refractivity contribution in [1.82, 2.24) is 15.5 Å². The van der Waals surface area contributed by atoms with E-state index in [1.54, 1.807) is 17.0 Å². The van der Waals surface area contributed by atoms with Crippen molar-refractivity contribution in [1.29, 1.82) is 0 Å². The van der Waals surface area contributed by atoms with E-state index in [9.17, 15) is 14.4 Å². The molecule has 1 saturated carbocycles. The van der Waals surface area contributed by atoms with Gasteiger partial charge in [-0.3, -0.25) is 9.59 Å². The molecule has 2 aliphatic rings. The van der Waals surface area contributed by atoms with Crippen molar-refractivity contribution in [2.75, 3.05) is 26.2 Å². The van der Waals surface area contributed by atoms with Crippen molar-refractivity contribution < 1.29 is 24.2 Å². The molecule has 0 bridgehead atoms. The topological polar surface area (TPSA) is 108 Å². The molecule has 1 atom stereocenters. The monoisotopic (exact) mass is 375 g/mol. The molecule has 27 heavy (non-hydrogen) atoms. The summed E-state index contributed by atoms with van der Waals surface area (Å²) in [4.78, 5) is 36.1. The molecule has 3 amide bonds. The van der Waals surface area contributed by atoms with Crippen LogP contribution in [0.1, 0.15) is 24.8 Å². The van der Waals surface area contributed by atoms with Crippen LogP contribution in [0.2, 0.25) is 0 Å². The van der Waals surface area contributed by atoms with Crippen LogP contribution >= 0.6 is 0 Å². The summed E-state index contributed by atoms with van der Waals surface area (Å²) in [5, 5.41) is 14.7. The fourth-order valence-corrected chi connectivity index (χ4v) is 2.97. The number of carbonyl (C=O) groups is 3. The summed E-state index contributed by atoms with van der Waals surface area (Å²) in [6.45, 7) is 1.22. The van der Waals surface area contributed by atoms with Crippen molar-refractivity contribution in [3.63, 3.8) is 0 Å². The lowest BCUT2D eigenvalue weighted by atomic mass is 10.1. The minimum absolute atomic E-state index is 0.0130. The Kier molecular flexibility index (Phi) is 6.16. The molecule has 1 aromatic carbocycles. The van der Waals surface area contributed by atoms with Gasteiger partial charge in [-0.05, 0) is 43.4 Å².